The lowest BCUT2D eigenvalue weighted by atomic mass is 10.1. The second-order valence-electron chi connectivity index (χ2n) is 5.22. The van der Waals surface area contributed by atoms with E-state index in [-0.39, 0.29) is 5.97 Å². The van der Waals surface area contributed by atoms with E-state index >= 15 is 0 Å². The van der Waals surface area contributed by atoms with Crippen molar-refractivity contribution in [3.05, 3.63) is 65.2 Å². The maximum atomic E-state index is 11.6. The van der Waals surface area contributed by atoms with E-state index in [2.05, 4.69) is 11.0 Å². The summed E-state index contributed by atoms with van der Waals surface area (Å²) in [5, 5.41) is 0. The number of rotatable bonds is 6. The summed E-state index contributed by atoms with van der Waals surface area (Å²) < 4.78 is 9.99. The minimum absolute atomic E-state index is 0.308. The number of methoxy groups -OCH3 is 2. The van der Waals surface area contributed by atoms with Crippen molar-refractivity contribution in [3.8, 4) is 5.75 Å². The molecular weight excluding hydrogens is 278 g/mol. The van der Waals surface area contributed by atoms with Crippen LogP contribution in [0.1, 0.15) is 21.5 Å². The third-order valence-corrected chi connectivity index (χ3v) is 3.39. The van der Waals surface area contributed by atoms with Crippen LogP contribution in [-0.2, 0) is 17.8 Å². The van der Waals surface area contributed by atoms with Gasteiger partial charge in [-0.1, -0.05) is 24.3 Å². The number of carbonyl (C=O) groups is 1. The minimum Gasteiger partial charge on any atom is -0.497 e. The summed E-state index contributed by atoms with van der Waals surface area (Å²) in [5.74, 6) is 0.552. The van der Waals surface area contributed by atoms with E-state index < -0.39 is 0 Å². The topological polar surface area (TPSA) is 38.8 Å². The van der Waals surface area contributed by atoms with Crippen LogP contribution >= 0.6 is 0 Å². The molecule has 0 aromatic heterocycles. The zero-order valence-electron chi connectivity index (χ0n) is 13.2. The van der Waals surface area contributed by atoms with Crippen molar-refractivity contribution in [1.29, 1.82) is 0 Å². The summed E-state index contributed by atoms with van der Waals surface area (Å²) in [6, 6.07) is 15.5. The number of carbonyl (C=O) groups excluding carboxylic acids is 1. The van der Waals surface area contributed by atoms with Crippen molar-refractivity contribution in [2.75, 3.05) is 21.3 Å². The minimum atomic E-state index is -0.308. The highest BCUT2D eigenvalue weighted by molar-refractivity contribution is 5.89. The summed E-state index contributed by atoms with van der Waals surface area (Å²) in [4.78, 5) is 13.7. The van der Waals surface area contributed by atoms with Gasteiger partial charge in [0.1, 0.15) is 5.75 Å². The van der Waals surface area contributed by atoms with Crippen LogP contribution in [0.2, 0.25) is 0 Å². The molecule has 0 aliphatic carbocycles. The molecule has 116 valence electrons. The Balaban J connectivity index is 2.02. The highest BCUT2D eigenvalue weighted by atomic mass is 16.5. The molecule has 0 N–H and O–H groups in total. The van der Waals surface area contributed by atoms with Crippen molar-refractivity contribution in [3.63, 3.8) is 0 Å². The highest BCUT2D eigenvalue weighted by Gasteiger charge is 2.07. The Hall–Kier alpha value is -2.33. The Labute approximate surface area is 131 Å². The molecule has 0 spiro atoms. The molecule has 4 nitrogen and oxygen atoms in total. The molecule has 0 unspecified atom stereocenters. The number of ether oxygens (including phenoxy) is 2. The molecule has 0 saturated heterocycles. The smallest absolute Gasteiger partial charge is 0.337 e. The Morgan fingerprint density at radius 3 is 2.27 bits per heavy atom. The largest absolute Gasteiger partial charge is 0.497 e. The Bertz CT molecular complexity index is 640. The molecule has 2 rings (SSSR count). The van der Waals surface area contributed by atoms with Gasteiger partial charge >= 0.3 is 5.97 Å². The molecule has 2 aromatic carbocycles. The lowest BCUT2D eigenvalue weighted by molar-refractivity contribution is 0.0600. The first-order chi connectivity index (χ1) is 10.6. The van der Waals surface area contributed by atoms with Crippen LogP contribution < -0.4 is 4.74 Å². The molecule has 0 radical (unpaired) electrons. The average molecular weight is 299 g/mol. The molecule has 0 aliphatic heterocycles. The fourth-order valence-electron chi connectivity index (χ4n) is 2.36. The maximum Gasteiger partial charge on any atom is 0.337 e. The van der Waals surface area contributed by atoms with Gasteiger partial charge in [-0.05, 0) is 42.4 Å². The molecular formula is C18H21NO3. The van der Waals surface area contributed by atoms with Gasteiger partial charge in [0.2, 0.25) is 0 Å². The van der Waals surface area contributed by atoms with Crippen LogP contribution in [0, 0.1) is 0 Å². The highest BCUT2D eigenvalue weighted by Crippen LogP contribution is 2.15. The first-order valence-electron chi connectivity index (χ1n) is 7.11. The molecule has 0 heterocycles. The fourth-order valence-corrected chi connectivity index (χ4v) is 2.36. The average Bonchev–Trinajstić information content (AvgIpc) is 2.54. The van der Waals surface area contributed by atoms with E-state index in [4.69, 9.17) is 9.47 Å². The van der Waals surface area contributed by atoms with Gasteiger partial charge in [-0.2, -0.15) is 0 Å². The van der Waals surface area contributed by atoms with E-state index in [9.17, 15) is 4.79 Å². The predicted molar refractivity (Wildman–Crippen MR) is 85.9 cm³/mol. The van der Waals surface area contributed by atoms with Crippen molar-refractivity contribution in [1.82, 2.24) is 4.90 Å². The van der Waals surface area contributed by atoms with E-state index in [1.165, 1.54) is 12.7 Å². The quantitative estimate of drug-likeness (QED) is 0.768. The summed E-state index contributed by atoms with van der Waals surface area (Å²) in [5.41, 5.74) is 2.84. The number of hydrogen-bond donors (Lipinski definition) is 0. The van der Waals surface area contributed by atoms with Gasteiger partial charge in [0.05, 0.1) is 19.8 Å². The van der Waals surface area contributed by atoms with Crippen LogP contribution in [-0.4, -0.2) is 32.1 Å². The van der Waals surface area contributed by atoms with Crippen molar-refractivity contribution < 1.29 is 14.3 Å². The Morgan fingerprint density at radius 2 is 1.64 bits per heavy atom. The zero-order valence-corrected chi connectivity index (χ0v) is 13.2. The summed E-state index contributed by atoms with van der Waals surface area (Å²) in [6.45, 7) is 1.56. The van der Waals surface area contributed by atoms with Gasteiger partial charge in [-0.15, -0.1) is 0 Å². The molecule has 4 heteroatoms. The van der Waals surface area contributed by atoms with Gasteiger partial charge in [0.25, 0.3) is 0 Å². The molecule has 0 atom stereocenters. The van der Waals surface area contributed by atoms with Gasteiger partial charge < -0.3 is 9.47 Å². The van der Waals surface area contributed by atoms with Gasteiger partial charge in [-0.3, -0.25) is 4.90 Å². The van der Waals surface area contributed by atoms with E-state index in [1.807, 2.05) is 43.4 Å². The lowest BCUT2D eigenvalue weighted by Crippen LogP contribution is -2.17. The monoisotopic (exact) mass is 299 g/mol. The van der Waals surface area contributed by atoms with E-state index in [0.717, 1.165) is 24.4 Å². The van der Waals surface area contributed by atoms with Crippen LogP contribution in [0.4, 0.5) is 0 Å². The van der Waals surface area contributed by atoms with Crippen LogP contribution in [0.15, 0.2) is 48.5 Å². The molecule has 0 bridgehead atoms. The third-order valence-electron chi connectivity index (χ3n) is 3.39. The standard InChI is InChI=1S/C18H21NO3/c1-19(13-15-7-5-9-17(11-15)21-2)12-14-6-4-8-16(10-14)18(20)22-3/h4-11H,12-13H2,1-3H3. The first-order valence-corrected chi connectivity index (χ1v) is 7.11. The summed E-state index contributed by atoms with van der Waals surface area (Å²) in [7, 11) is 5.11. The second-order valence-corrected chi connectivity index (χ2v) is 5.22. The molecule has 0 aliphatic rings. The number of nitrogens with zero attached hydrogens (tertiary/aromatic N) is 1. The number of benzene rings is 2. The van der Waals surface area contributed by atoms with Gasteiger partial charge in [-0.25, -0.2) is 4.79 Å². The molecule has 0 amide bonds. The fraction of sp³-hybridized carbons (Fsp3) is 0.278. The van der Waals surface area contributed by atoms with Crippen molar-refractivity contribution >= 4 is 5.97 Å². The first kappa shape index (κ1) is 16.0. The van der Waals surface area contributed by atoms with Crippen LogP contribution in [0.5, 0.6) is 5.75 Å². The Kier molecular flexibility index (Phi) is 5.55. The molecule has 2 aromatic rings. The molecule has 22 heavy (non-hydrogen) atoms. The second kappa shape index (κ2) is 7.61. The van der Waals surface area contributed by atoms with E-state index in [1.54, 1.807) is 13.2 Å². The lowest BCUT2D eigenvalue weighted by Gasteiger charge is -2.17. The third kappa shape index (κ3) is 4.33. The Morgan fingerprint density at radius 1 is 1.00 bits per heavy atom. The van der Waals surface area contributed by atoms with Crippen molar-refractivity contribution in [2.45, 2.75) is 13.1 Å². The molecule has 0 fully saturated rings. The number of hydrogen-bond acceptors (Lipinski definition) is 4. The van der Waals surface area contributed by atoms with E-state index in [0.29, 0.717) is 5.56 Å². The van der Waals surface area contributed by atoms with Crippen molar-refractivity contribution in [2.24, 2.45) is 0 Å². The zero-order chi connectivity index (χ0) is 15.9. The van der Waals surface area contributed by atoms with Crippen LogP contribution in [0.25, 0.3) is 0 Å². The summed E-state index contributed by atoms with van der Waals surface area (Å²) >= 11 is 0. The SMILES string of the molecule is COC(=O)c1cccc(CN(C)Cc2cccc(OC)c2)c1. The van der Waals surface area contributed by atoms with Gasteiger partial charge in [0, 0.05) is 13.1 Å². The summed E-state index contributed by atoms with van der Waals surface area (Å²) in [6.07, 6.45) is 0. The molecule has 0 saturated carbocycles. The maximum absolute atomic E-state index is 11.6. The van der Waals surface area contributed by atoms with Crippen LogP contribution in [0.3, 0.4) is 0 Å². The number of esters is 1. The van der Waals surface area contributed by atoms with Gasteiger partial charge in [0.15, 0.2) is 0 Å². The normalized spacial score (nSPS) is 10.5. The predicted octanol–water partition coefficient (Wildman–Crippen LogP) is 3.11.